The van der Waals surface area contributed by atoms with Crippen LogP contribution in [0.4, 0.5) is 0 Å². The highest BCUT2D eigenvalue weighted by atomic mass is 32.2. The van der Waals surface area contributed by atoms with Crippen LogP contribution in [-0.2, 0) is 11.2 Å². The van der Waals surface area contributed by atoms with Gasteiger partial charge in [-0.1, -0.05) is 11.8 Å². The summed E-state index contributed by atoms with van der Waals surface area (Å²) in [6.45, 7) is 0.910. The van der Waals surface area contributed by atoms with E-state index in [0.717, 1.165) is 28.6 Å². The fourth-order valence-electron chi connectivity index (χ4n) is 2.16. The van der Waals surface area contributed by atoms with E-state index in [0.29, 0.717) is 11.6 Å². The van der Waals surface area contributed by atoms with Gasteiger partial charge in [-0.25, -0.2) is 0 Å². The molecule has 0 fully saturated rings. The number of nitrogens with zero attached hydrogens (tertiary/aromatic N) is 1. The van der Waals surface area contributed by atoms with Crippen molar-refractivity contribution in [3.8, 4) is 0 Å². The SMILES string of the molecule is CNC1C(=O)N(CC(=N)SC=N)CCc2ccsc21. The molecule has 1 unspecified atom stereocenters. The summed E-state index contributed by atoms with van der Waals surface area (Å²) in [6.07, 6.45) is 0.825. The third kappa shape index (κ3) is 3.05. The molecule has 1 aromatic rings. The molecule has 0 spiro atoms. The van der Waals surface area contributed by atoms with Crippen molar-refractivity contribution in [2.45, 2.75) is 12.5 Å². The van der Waals surface area contributed by atoms with E-state index in [4.69, 9.17) is 10.8 Å². The minimum atomic E-state index is -0.310. The van der Waals surface area contributed by atoms with E-state index < -0.39 is 0 Å². The summed E-state index contributed by atoms with van der Waals surface area (Å²) < 4.78 is 0. The zero-order valence-corrected chi connectivity index (χ0v) is 12.2. The van der Waals surface area contributed by atoms with E-state index in [9.17, 15) is 4.79 Å². The molecule has 7 heteroatoms. The normalized spacial score (nSPS) is 18.9. The molecular formula is C12H16N4OS2. The third-order valence-electron chi connectivity index (χ3n) is 3.08. The highest BCUT2D eigenvalue weighted by molar-refractivity contribution is 8.24. The van der Waals surface area contributed by atoms with Crippen LogP contribution in [0.1, 0.15) is 16.5 Å². The Labute approximate surface area is 120 Å². The Morgan fingerprint density at radius 1 is 1.74 bits per heavy atom. The predicted octanol–water partition coefficient (Wildman–Crippen LogP) is 1.71. The summed E-state index contributed by atoms with van der Waals surface area (Å²) in [5.74, 6) is 0.0130. The van der Waals surface area contributed by atoms with E-state index in [2.05, 4.69) is 11.4 Å². The van der Waals surface area contributed by atoms with Gasteiger partial charge < -0.3 is 15.6 Å². The second kappa shape index (κ2) is 6.31. The molecule has 2 heterocycles. The number of carbonyl (C=O) groups excluding carboxylic acids is 1. The number of carbonyl (C=O) groups is 1. The van der Waals surface area contributed by atoms with Crippen molar-refractivity contribution in [3.05, 3.63) is 21.9 Å². The largest absolute Gasteiger partial charge is 0.334 e. The molecule has 5 nitrogen and oxygen atoms in total. The lowest BCUT2D eigenvalue weighted by Crippen LogP contribution is -2.41. The van der Waals surface area contributed by atoms with Crippen molar-refractivity contribution in [1.29, 1.82) is 10.8 Å². The fraction of sp³-hybridized carbons (Fsp3) is 0.417. The molecule has 1 amide bonds. The average molecular weight is 296 g/mol. The lowest BCUT2D eigenvalue weighted by Gasteiger charge is -2.24. The molecule has 19 heavy (non-hydrogen) atoms. The van der Waals surface area contributed by atoms with Crippen LogP contribution in [-0.4, -0.2) is 41.5 Å². The maximum atomic E-state index is 12.5. The highest BCUT2D eigenvalue weighted by Gasteiger charge is 2.31. The topological polar surface area (TPSA) is 80.0 Å². The van der Waals surface area contributed by atoms with Gasteiger partial charge >= 0.3 is 0 Å². The fourth-order valence-corrected chi connectivity index (χ4v) is 3.59. The minimum absolute atomic E-state index is 0.0130. The van der Waals surface area contributed by atoms with Gasteiger partial charge in [0, 0.05) is 11.4 Å². The van der Waals surface area contributed by atoms with Gasteiger partial charge in [-0.05, 0) is 30.5 Å². The maximum Gasteiger partial charge on any atom is 0.245 e. The van der Waals surface area contributed by atoms with Crippen molar-refractivity contribution < 1.29 is 4.79 Å². The third-order valence-corrected chi connectivity index (χ3v) is 4.63. The number of hydrogen-bond donors (Lipinski definition) is 3. The van der Waals surface area contributed by atoms with Crippen LogP contribution in [0.25, 0.3) is 0 Å². The molecule has 0 aromatic carbocycles. The Bertz CT molecular complexity index is 500. The van der Waals surface area contributed by atoms with Crippen LogP contribution in [0.5, 0.6) is 0 Å². The molecular weight excluding hydrogens is 280 g/mol. The lowest BCUT2D eigenvalue weighted by atomic mass is 10.1. The monoisotopic (exact) mass is 296 g/mol. The first-order valence-electron chi connectivity index (χ1n) is 5.92. The first-order valence-corrected chi connectivity index (χ1v) is 7.68. The van der Waals surface area contributed by atoms with Crippen molar-refractivity contribution in [2.75, 3.05) is 20.1 Å². The smallest absolute Gasteiger partial charge is 0.245 e. The standard InChI is InChI=1S/C12H16N4OS2/c1-15-10-11-8(3-5-18-11)2-4-16(12(10)17)6-9(14)19-7-13/h3,5,7,10,13-15H,2,4,6H2,1H3. The van der Waals surface area contributed by atoms with Gasteiger partial charge in [0.2, 0.25) is 5.91 Å². The van der Waals surface area contributed by atoms with Gasteiger partial charge in [0.05, 0.1) is 17.1 Å². The van der Waals surface area contributed by atoms with Crippen LogP contribution in [0, 0.1) is 10.8 Å². The molecule has 0 aliphatic carbocycles. The Hall–Kier alpha value is -1.18. The molecule has 3 N–H and O–H groups in total. The van der Waals surface area contributed by atoms with Crippen LogP contribution >= 0.6 is 23.1 Å². The molecule has 102 valence electrons. The molecule has 0 saturated carbocycles. The number of hydrogen-bond acceptors (Lipinski definition) is 6. The number of amides is 1. The van der Waals surface area contributed by atoms with Gasteiger partial charge in [-0.2, -0.15) is 0 Å². The molecule has 0 saturated heterocycles. The van der Waals surface area contributed by atoms with Crippen LogP contribution in [0.15, 0.2) is 11.4 Å². The Morgan fingerprint density at radius 2 is 2.53 bits per heavy atom. The molecule has 2 rings (SSSR count). The van der Waals surface area contributed by atoms with Crippen molar-refractivity contribution in [3.63, 3.8) is 0 Å². The number of thiophene rings is 1. The van der Waals surface area contributed by atoms with E-state index in [-0.39, 0.29) is 18.5 Å². The number of rotatable bonds is 4. The predicted molar refractivity (Wildman–Crippen MR) is 80.5 cm³/mol. The molecule has 1 atom stereocenters. The first kappa shape index (κ1) is 14.2. The number of likely N-dealkylation sites (N-methyl/N-ethyl adjacent to an activating group) is 1. The quantitative estimate of drug-likeness (QED) is 0.584. The van der Waals surface area contributed by atoms with Crippen molar-refractivity contribution in [2.24, 2.45) is 0 Å². The summed E-state index contributed by atoms with van der Waals surface area (Å²) in [5, 5.41) is 20.1. The van der Waals surface area contributed by atoms with E-state index in [1.165, 1.54) is 5.56 Å². The number of nitrogens with one attached hydrogen (secondary N) is 3. The zero-order valence-electron chi connectivity index (χ0n) is 10.6. The Morgan fingerprint density at radius 3 is 3.21 bits per heavy atom. The van der Waals surface area contributed by atoms with Crippen LogP contribution in [0.3, 0.4) is 0 Å². The van der Waals surface area contributed by atoms with Crippen molar-refractivity contribution in [1.82, 2.24) is 10.2 Å². The van der Waals surface area contributed by atoms with E-state index in [1.54, 1.807) is 23.3 Å². The van der Waals surface area contributed by atoms with Gasteiger partial charge in [-0.15, -0.1) is 11.3 Å². The van der Waals surface area contributed by atoms with Gasteiger partial charge in [-0.3, -0.25) is 10.2 Å². The molecule has 0 bridgehead atoms. The van der Waals surface area contributed by atoms with E-state index in [1.807, 2.05) is 5.38 Å². The van der Waals surface area contributed by atoms with Crippen molar-refractivity contribution >= 4 is 39.6 Å². The van der Waals surface area contributed by atoms with Crippen LogP contribution < -0.4 is 5.32 Å². The Balaban J connectivity index is 2.17. The van der Waals surface area contributed by atoms with Gasteiger partial charge in [0.25, 0.3) is 0 Å². The minimum Gasteiger partial charge on any atom is -0.334 e. The Kier molecular flexibility index (Phi) is 4.73. The van der Waals surface area contributed by atoms with Crippen LogP contribution in [0.2, 0.25) is 0 Å². The summed E-state index contributed by atoms with van der Waals surface area (Å²) in [4.78, 5) is 15.3. The van der Waals surface area contributed by atoms with E-state index >= 15 is 0 Å². The maximum absolute atomic E-state index is 12.5. The molecule has 1 aromatic heterocycles. The molecule has 0 radical (unpaired) electrons. The lowest BCUT2D eigenvalue weighted by molar-refractivity contribution is -0.132. The average Bonchev–Trinajstić information content (AvgIpc) is 2.79. The summed E-state index contributed by atoms with van der Waals surface area (Å²) >= 11 is 2.64. The second-order valence-corrected chi connectivity index (χ2v) is 6.11. The first-order chi connectivity index (χ1) is 9.17. The zero-order chi connectivity index (χ0) is 13.8. The molecule has 1 aliphatic rings. The van der Waals surface area contributed by atoms with Gasteiger partial charge in [0.1, 0.15) is 6.04 Å². The second-order valence-electron chi connectivity index (χ2n) is 4.20. The highest BCUT2D eigenvalue weighted by Crippen LogP contribution is 2.29. The number of fused-ring (bicyclic) bond motifs is 1. The van der Waals surface area contributed by atoms with Gasteiger partial charge in [0.15, 0.2) is 0 Å². The molecule has 1 aliphatic heterocycles. The summed E-state index contributed by atoms with van der Waals surface area (Å²) in [6, 6.07) is 1.76. The summed E-state index contributed by atoms with van der Waals surface area (Å²) in [5.41, 5.74) is 2.34. The number of thioether (sulfide) groups is 1. The summed E-state index contributed by atoms with van der Waals surface area (Å²) in [7, 11) is 1.78.